The Kier molecular flexibility index (Phi) is 7.21. The lowest BCUT2D eigenvalue weighted by Gasteiger charge is -2.39. The van der Waals surface area contributed by atoms with E-state index in [0.29, 0.717) is 25.0 Å². The van der Waals surface area contributed by atoms with Crippen molar-refractivity contribution in [3.05, 3.63) is 0 Å². The van der Waals surface area contributed by atoms with Crippen LogP contribution in [0.1, 0.15) is 32.1 Å². The second-order valence-corrected chi connectivity index (χ2v) is 7.99. The van der Waals surface area contributed by atoms with Crippen molar-refractivity contribution in [2.45, 2.75) is 38.1 Å². The van der Waals surface area contributed by atoms with E-state index >= 15 is 0 Å². The second-order valence-electron chi connectivity index (χ2n) is 6.01. The smallest absolute Gasteiger partial charge is 0.211 e. The number of likely N-dealkylation sites (tertiary alicyclic amines) is 1. The molecule has 2 N–H and O–H groups in total. The minimum atomic E-state index is -3.03. The first-order chi connectivity index (χ1) is 9.00. The van der Waals surface area contributed by atoms with E-state index in [0.717, 1.165) is 32.5 Å². The maximum Gasteiger partial charge on any atom is 0.211 e. The number of sulfonamides is 1. The minimum absolute atomic E-state index is 0. The van der Waals surface area contributed by atoms with Crippen LogP contribution >= 0.6 is 12.4 Å². The minimum Gasteiger partial charge on any atom is -0.329 e. The predicted octanol–water partition coefficient (Wildman–Crippen LogP) is 0.893. The average Bonchev–Trinajstić information content (AvgIpc) is 2.39. The molecule has 7 heteroatoms. The number of nitrogens with two attached hydrogens (primary N) is 1. The van der Waals surface area contributed by atoms with Gasteiger partial charge >= 0.3 is 0 Å². The highest BCUT2D eigenvalue weighted by Crippen LogP contribution is 2.23. The fourth-order valence-corrected chi connectivity index (χ4v) is 4.32. The van der Waals surface area contributed by atoms with Gasteiger partial charge < -0.3 is 5.73 Å². The summed E-state index contributed by atoms with van der Waals surface area (Å²) in [5.74, 6) is 0.468. The molecule has 0 aromatic rings. The Hall–Kier alpha value is 0.120. The summed E-state index contributed by atoms with van der Waals surface area (Å²) in [6, 6.07) is 0.502. The van der Waals surface area contributed by atoms with E-state index in [1.54, 1.807) is 4.31 Å². The van der Waals surface area contributed by atoms with E-state index in [1.807, 2.05) is 0 Å². The van der Waals surface area contributed by atoms with Crippen LogP contribution in [-0.4, -0.2) is 62.6 Å². The van der Waals surface area contributed by atoms with Gasteiger partial charge in [-0.2, -0.15) is 0 Å². The maximum atomic E-state index is 11.6. The lowest BCUT2D eigenvalue weighted by atomic mass is 9.95. The summed E-state index contributed by atoms with van der Waals surface area (Å²) in [4.78, 5) is 2.49. The zero-order valence-electron chi connectivity index (χ0n) is 12.3. The van der Waals surface area contributed by atoms with Crippen molar-refractivity contribution in [3.63, 3.8) is 0 Å². The van der Waals surface area contributed by atoms with Gasteiger partial charge in [-0.1, -0.05) is 6.42 Å². The first-order valence-electron chi connectivity index (χ1n) is 7.40. The van der Waals surface area contributed by atoms with E-state index in [-0.39, 0.29) is 12.4 Å². The summed E-state index contributed by atoms with van der Waals surface area (Å²) >= 11 is 0. The zero-order valence-corrected chi connectivity index (χ0v) is 14.0. The van der Waals surface area contributed by atoms with Crippen LogP contribution in [0, 0.1) is 5.92 Å². The molecule has 5 nitrogen and oxygen atoms in total. The van der Waals surface area contributed by atoms with Crippen molar-refractivity contribution < 1.29 is 8.42 Å². The molecule has 2 saturated heterocycles. The molecule has 0 bridgehead atoms. The van der Waals surface area contributed by atoms with Gasteiger partial charge in [0, 0.05) is 32.2 Å². The molecule has 2 fully saturated rings. The van der Waals surface area contributed by atoms with E-state index < -0.39 is 10.0 Å². The number of halogens is 1. The molecule has 2 aliphatic heterocycles. The average molecular weight is 326 g/mol. The van der Waals surface area contributed by atoms with E-state index in [9.17, 15) is 8.42 Å². The molecule has 2 atom stereocenters. The van der Waals surface area contributed by atoms with Crippen LogP contribution in [0.4, 0.5) is 0 Å². The van der Waals surface area contributed by atoms with Gasteiger partial charge in [0.2, 0.25) is 10.0 Å². The van der Waals surface area contributed by atoms with E-state index in [1.165, 1.54) is 25.5 Å². The zero-order chi connectivity index (χ0) is 13.9. The first kappa shape index (κ1) is 18.2. The largest absolute Gasteiger partial charge is 0.329 e. The summed E-state index contributed by atoms with van der Waals surface area (Å²) in [7, 11) is -3.03. The van der Waals surface area contributed by atoms with E-state index in [2.05, 4.69) is 4.90 Å². The molecule has 2 aliphatic rings. The molecule has 2 heterocycles. The summed E-state index contributed by atoms with van der Waals surface area (Å²) < 4.78 is 24.9. The van der Waals surface area contributed by atoms with Gasteiger partial charge in [0.05, 0.1) is 6.26 Å². The van der Waals surface area contributed by atoms with Crippen LogP contribution in [0.5, 0.6) is 0 Å². The Labute approximate surface area is 129 Å². The van der Waals surface area contributed by atoms with Gasteiger partial charge in [-0.15, -0.1) is 12.4 Å². The standard InChI is InChI=1S/C13H27N3O2S.ClH/c1-19(17,18)16-8-4-5-12(11-16)10-15-7-3-2-6-13(15)9-14;/h12-13H,2-11,14H2,1H3;1H. The van der Waals surface area contributed by atoms with Crippen molar-refractivity contribution in [2.75, 3.05) is 39.0 Å². The molecule has 0 aromatic carbocycles. The molecule has 2 unspecified atom stereocenters. The van der Waals surface area contributed by atoms with Crippen LogP contribution < -0.4 is 5.73 Å². The van der Waals surface area contributed by atoms with Gasteiger partial charge in [0.1, 0.15) is 0 Å². The molecule has 0 saturated carbocycles. The fourth-order valence-electron chi connectivity index (χ4n) is 3.38. The molecule has 0 spiro atoms. The number of rotatable bonds is 4. The Morgan fingerprint density at radius 3 is 2.55 bits per heavy atom. The molecule has 0 aliphatic carbocycles. The Balaban J connectivity index is 0.00000200. The van der Waals surface area contributed by atoms with E-state index in [4.69, 9.17) is 5.73 Å². The Morgan fingerprint density at radius 1 is 1.15 bits per heavy atom. The molecule has 20 heavy (non-hydrogen) atoms. The highest BCUT2D eigenvalue weighted by atomic mass is 35.5. The van der Waals surface area contributed by atoms with Gasteiger partial charge in [-0.25, -0.2) is 12.7 Å². The third kappa shape index (κ3) is 4.84. The summed E-state index contributed by atoms with van der Waals surface area (Å²) in [5.41, 5.74) is 5.85. The summed E-state index contributed by atoms with van der Waals surface area (Å²) in [5, 5.41) is 0. The Morgan fingerprint density at radius 2 is 1.90 bits per heavy atom. The van der Waals surface area contributed by atoms with Crippen molar-refractivity contribution in [1.82, 2.24) is 9.21 Å². The normalized spacial score (nSPS) is 29.9. The topological polar surface area (TPSA) is 66.6 Å². The number of piperidine rings is 2. The van der Waals surface area contributed by atoms with Crippen molar-refractivity contribution in [3.8, 4) is 0 Å². The SMILES string of the molecule is CS(=O)(=O)N1CCCC(CN2CCCCC2CN)C1.Cl. The van der Waals surface area contributed by atoms with Gasteiger partial charge in [0.15, 0.2) is 0 Å². The van der Waals surface area contributed by atoms with Crippen LogP contribution in [0.3, 0.4) is 0 Å². The lowest BCUT2D eigenvalue weighted by Crippen LogP contribution is -2.49. The molecule has 0 amide bonds. The molecular formula is C13H28ClN3O2S. The summed E-state index contributed by atoms with van der Waals surface area (Å²) in [6.07, 6.45) is 7.16. The molecule has 2 rings (SSSR count). The van der Waals surface area contributed by atoms with Crippen LogP contribution in [0.2, 0.25) is 0 Å². The second kappa shape index (κ2) is 7.94. The lowest BCUT2D eigenvalue weighted by molar-refractivity contribution is 0.109. The number of hydrogen-bond acceptors (Lipinski definition) is 4. The van der Waals surface area contributed by atoms with Crippen molar-refractivity contribution in [2.24, 2.45) is 11.7 Å². The van der Waals surface area contributed by atoms with Gasteiger partial charge in [-0.3, -0.25) is 4.90 Å². The van der Waals surface area contributed by atoms with Gasteiger partial charge in [-0.05, 0) is 38.1 Å². The van der Waals surface area contributed by atoms with Crippen molar-refractivity contribution >= 4 is 22.4 Å². The molecule has 0 aromatic heterocycles. The summed E-state index contributed by atoms with van der Waals surface area (Å²) in [6.45, 7) is 4.23. The van der Waals surface area contributed by atoms with Crippen LogP contribution in [-0.2, 0) is 10.0 Å². The highest BCUT2D eigenvalue weighted by Gasteiger charge is 2.29. The van der Waals surface area contributed by atoms with Crippen molar-refractivity contribution in [1.29, 1.82) is 0 Å². The number of nitrogens with zero attached hydrogens (tertiary/aromatic N) is 2. The number of hydrogen-bond donors (Lipinski definition) is 1. The fraction of sp³-hybridized carbons (Fsp3) is 1.00. The third-order valence-electron chi connectivity index (χ3n) is 4.46. The maximum absolute atomic E-state index is 11.6. The first-order valence-corrected chi connectivity index (χ1v) is 9.25. The van der Waals surface area contributed by atoms with Gasteiger partial charge in [0.25, 0.3) is 0 Å². The molecular weight excluding hydrogens is 298 g/mol. The van der Waals surface area contributed by atoms with Crippen LogP contribution in [0.25, 0.3) is 0 Å². The predicted molar refractivity (Wildman–Crippen MR) is 84.7 cm³/mol. The monoisotopic (exact) mass is 325 g/mol. The highest BCUT2D eigenvalue weighted by molar-refractivity contribution is 7.88. The Bertz CT molecular complexity index is 391. The quantitative estimate of drug-likeness (QED) is 0.833. The molecule has 120 valence electrons. The third-order valence-corrected chi connectivity index (χ3v) is 5.73. The van der Waals surface area contributed by atoms with Crippen LogP contribution in [0.15, 0.2) is 0 Å². The molecule has 0 radical (unpaired) electrons.